The van der Waals surface area contributed by atoms with E-state index >= 15 is 0 Å². The van der Waals surface area contributed by atoms with Gasteiger partial charge in [-0.15, -0.1) is 0 Å². The van der Waals surface area contributed by atoms with Crippen molar-refractivity contribution in [3.63, 3.8) is 0 Å². The maximum Gasteiger partial charge on any atom is 0.0899 e. The van der Waals surface area contributed by atoms with E-state index in [1.54, 1.807) is 25.5 Å². The third kappa shape index (κ3) is 4.14. The van der Waals surface area contributed by atoms with Crippen LogP contribution in [-0.4, -0.2) is 13.3 Å². The lowest BCUT2D eigenvalue weighted by Gasteiger charge is -1.98. The standard InChI is InChI=1S/C9H13NO/c1-8(2)9(7-11-3)5-4-6-10/h4-7,10H,1H2,2-3H3/b5-4-,9-7-,10-6?. The Bertz CT molecular complexity index is 202. The second kappa shape index (κ2) is 5.47. The maximum atomic E-state index is 6.76. The molecule has 0 heterocycles. The molecule has 0 rings (SSSR count). The van der Waals surface area contributed by atoms with Gasteiger partial charge < -0.3 is 10.1 Å². The molecule has 2 heteroatoms. The fourth-order valence-electron chi connectivity index (χ4n) is 0.561. The molecule has 0 saturated heterocycles. The molecule has 0 atom stereocenters. The van der Waals surface area contributed by atoms with Gasteiger partial charge in [-0.1, -0.05) is 12.7 Å². The van der Waals surface area contributed by atoms with Crippen LogP contribution in [0.5, 0.6) is 0 Å². The van der Waals surface area contributed by atoms with E-state index in [9.17, 15) is 0 Å². The van der Waals surface area contributed by atoms with Gasteiger partial charge in [0.15, 0.2) is 0 Å². The van der Waals surface area contributed by atoms with E-state index in [0.29, 0.717) is 0 Å². The summed E-state index contributed by atoms with van der Waals surface area (Å²) < 4.78 is 4.81. The predicted molar refractivity (Wildman–Crippen MR) is 47.8 cm³/mol. The smallest absolute Gasteiger partial charge is 0.0899 e. The predicted octanol–water partition coefficient (Wildman–Crippen LogP) is 2.30. The molecule has 0 aliphatic rings. The topological polar surface area (TPSA) is 33.1 Å². The first-order valence-electron chi connectivity index (χ1n) is 3.28. The molecular weight excluding hydrogens is 138 g/mol. The molecule has 0 aromatic carbocycles. The summed E-state index contributed by atoms with van der Waals surface area (Å²) in [7, 11) is 1.58. The van der Waals surface area contributed by atoms with E-state index in [1.165, 1.54) is 6.21 Å². The van der Waals surface area contributed by atoms with Gasteiger partial charge in [0.25, 0.3) is 0 Å². The second-order valence-electron chi connectivity index (χ2n) is 2.12. The van der Waals surface area contributed by atoms with Crippen LogP contribution >= 0.6 is 0 Å². The molecule has 1 N–H and O–H groups in total. The SMILES string of the molecule is C=C(C)C(/C=C\C=N)=C\OC. The largest absolute Gasteiger partial charge is 0.504 e. The fourth-order valence-corrected chi connectivity index (χ4v) is 0.561. The van der Waals surface area contributed by atoms with E-state index in [0.717, 1.165) is 11.1 Å². The van der Waals surface area contributed by atoms with Crippen LogP contribution in [-0.2, 0) is 4.74 Å². The summed E-state index contributed by atoms with van der Waals surface area (Å²) in [6, 6.07) is 0. The van der Waals surface area contributed by atoms with Gasteiger partial charge in [0.1, 0.15) is 0 Å². The summed E-state index contributed by atoms with van der Waals surface area (Å²) >= 11 is 0. The Morgan fingerprint density at radius 1 is 1.55 bits per heavy atom. The van der Waals surface area contributed by atoms with Crippen LogP contribution in [0.3, 0.4) is 0 Å². The summed E-state index contributed by atoms with van der Waals surface area (Å²) in [5.41, 5.74) is 1.82. The van der Waals surface area contributed by atoms with Crippen molar-refractivity contribution >= 4 is 6.21 Å². The van der Waals surface area contributed by atoms with Gasteiger partial charge in [0.2, 0.25) is 0 Å². The van der Waals surface area contributed by atoms with E-state index in [4.69, 9.17) is 10.1 Å². The molecule has 0 spiro atoms. The van der Waals surface area contributed by atoms with E-state index in [-0.39, 0.29) is 0 Å². The summed E-state index contributed by atoms with van der Waals surface area (Å²) in [4.78, 5) is 0. The Kier molecular flexibility index (Phi) is 4.82. The average molecular weight is 151 g/mol. The number of rotatable bonds is 4. The first-order chi connectivity index (χ1) is 5.22. The molecular formula is C9H13NO. The molecule has 0 fully saturated rings. The van der Waals surface area contributed by atoms with Crippen LogP contribution in [0.2, 0.25) is 0 Å². The maximum absolute atomic E-state index is 6.76. The lowest BCUT2D eigenvalue weighted by molar-refractivity contribution is 0.335. The third-order valence-corrected chi connectivity index (χ3v) is 1.11. The highest BCUT2D eigenvalue weighted by molar-refractivity contribution is 5.69. The quantitative estimate of drug-likeness (QED) is 0.373. The van der Waals surface area contributed by atoms with Crippen molar-refractivity contribution < 1.29 is 4.74 Å². The molecule has 2 nitrogen and oxygen atoms in total. The highest BCUT2D eigenvalue weighted by Crippen LogP contribution is 2.07. The zero-order valence-electron chi connectivity index (χ0n) is 6.92. The van der Waals surface area contributed by atoms with Crippen LogP contribution in [0.25, 0.3) is 0 Å². The van der Waals surface area contributed by atoms with E-state index < -0.39 is 0 Å². The fraction of sp³-hybridized carbons (Fsp3) is 0.222. The summed E-state index contributed by atoms with van der Waals surface area (Å²) in [5, 5.41) is 6.76. The Hall–Kier alpha value is -1.31. The van der Waals surface area contributed by atoms with Crippen LogP contribution in [0.1, 0.15) is 6.92 Å². The lowest BCUT2D eigenvalue weighted by atomic mass is 10.1. The van der Waals surface area contributed by atoms with Crippen molar-refractivity contribution in [2.75, 3.05) is 7.11 Å². The number of hydrogen-bond donors (Lipinski definition) is 1. The van der Waals surface area contributed by atoms with Crippen molar-refractivity contribution in [3.05, 3.63) is 36.1 Å². The minimum absolute atomic E-state index is 0.899. The van der Waals surface area contributed by atoms with E-state index in [2.05, 4.69) is 6.58 Å². The molecule has 0 amide bonds. The molecule has 0 aromatic heterocycles. The van der Waals surface area contributed by atoms with Gasteiger partial charge in [-0.05, 0) is 18.6 Å². The highest BCUT2D eigenvalue weighted by Gasteiger charge is 1.90. The minimum Gasteiger partial charge on any atom is -0.504 e. The Morgan fingerprint density at radius 2 is 2.18 bits per heavy atom. The van der Waals surface area contributed by atoms with Gasteiger partial charge >= 0.3 is 0 Å². The first-order valence-corrected chi connectivity index (χ1v) is 3.28. The normalized spacial score (nSPS) is 11.6. The molecule has 0 bridgehead atoms. The number of allylic oxidation sites excluding steroid dienone is 4. The number of nitrogens with one attached hydrogen (secondary N) is 1. The van der Waals surface area contributed by atoms with Gasteiger partial charge in [0, 0.05) is 11.8 Å². The summed E-state index contributed by atoms with van der Waals surface area (Å²) in [6.07, 6.45) is 6.22. The minimum atomic E-state index is 0.899. The lowest BCUT2D eigenvalue weighted by Crippen LogP contribution is -1.80. The summed E-state index contributed by atoms with van der Waals surface area (Å²) in [6.45, 7) is 5.64. The van der Waals surface area contributed by atoms with Crippen LogP contribution in [0.15, 0.2) is 36.1 Å². The van der Waals surface area contributed by atoms with Crippen molar-refractivity contribution in [1.29, 1.82) is 5.41 Å². The molecule has 0 aliphatic carbocycles. The van der Waals surface area contributed by atoms with Crippen LogP contribution < -0.4 is 0 Å². The monoisotopic (exact) mass is 151 g/mol. The number of methoxy groups -OCH3 is 1. The molecule has 60 valence electrons. The van der Waals surface area contributed by atoms with E-state index in [1.807, 2.05) is 6.92 Å². The van der Waals surface area contributed by atoms with Gasteiger partial charge in [-0.25, -0.2) is 0 Å². The Labute approximate surface area is 67.4 Å². The van der Waals surface area contributed by atoms with Crippen molar-refractivity contribution in [1.82, 2.24) is 0 Å². The molecule has 0 aliphatic heterocycles. The number of ether oxygens (including phenoxy) is 1. The number of hydrogen-bond acceptors (Lipinski definition) is 2. The molecule has 11 heavy (non-hydrogen) atoms. The average Bonchev–Trinajstić information content (AvgIpc) is 1.97. The van der Waals surface area contributed by atoms with Crippen LogP contribution in [0.4, 0.5) is 0 Å². The van der Waals surface area contributed by atoms with Gasteiger partial charge in [0.05, 0.1) is 13.4 Å². The Morgan fingerprint density at radius 3 is 2.55 bits per heavy atom. The third-order valence-electron chi connectivity index (χ3n) is 1.11. The summed E-state index contributed by atoms with van der Waals surface area (Å²) in [5.74, 6) is 0. The van der Waals surface area contributed by atoms with Crippen LogP contribution in [0, 0.1) is 5.41 Å². The Balaban J connectivity index is 4.35. The highest BCUT2D eigenvalue weighted by atomic mass is 16.5. The van der Waals surface area contributed by atoms with Gasteiger partial charge in [-0.3, -0.25) is 0 Å². The molecule has 0 radical (unpaired) electrons. The van der Waals surface area contributed by atoms with Crippen molar-refractivity contribution in [2.45, 2.75) is 6.92 Å². The first kappa shape index (κ1) is 9.69. The van der Waals surface area contributed by atoms with Gasteiger partial charge in [-0.2, -0.15) is 0 Å². The zero-order chi connectivity index (χ0) is 8.69. The van der Waals surface area contributed by atoms with Crippen molar-refractivity contribution in [2.24, 2.45) is 0 Å². The molecule has 0 aromatic rings. The second-order valence-corrected chi connectivity index (χ2v) is 2.12. The molecule has 0 unspecified atom stereocenters. The zero-order valence-corrected chi connectivity index (χ0v) is 6.92. The van der Waals surface area contributed by atoms with Crippen molar-refractivity contribution in [3.8, 4) is 0 Å². The molecule has 0 saturated carbocycles.